The van der Waals surface area contributed by atoms with Gasteiger partial charge in [-0.3, -0.25) is 9.59 Å². The summed E-state index contributed by atoms with van der Waals surface area (Å²) in [5.74, 6) is 0.864. The molecule has 1 heterocycles. The van der Waals surface area contributed by atoms with Crippen molar-refractivity contribution in [2.45, 2.75) is 82.8 Å². The molecule has 0 spiro atoms. The van der Waals surface area contributed by atoms with Crippen molar-refractivity contribution in [3.63, 3.8) is 0 Å². The predicted molar refractivity (Wildman–Crippen MR) is 112 cm³/mol. The average molecular weight is 376 g/mol. The van der Waals surface area contributed by atoms with E-state index in [0.717, 1.165) is 12.2 Å². The molecule has 1 atom stereocenters. The van der Waals surface area contributed by atoms with Gasteiger partial charge in [-0.15, -0.1) is 11.8 Å². The number of anilines is 1. The number of nitrogens with zero attached hydrogens (tertiary/aromatic N) is 1. The first-order valence-electron chi connectivity index (χ1n) is 10.3. The molecule has 144 valence electrons. The third-order valence-corrected chi connectivity index (χ3v) is 6.23. The highest BCUT2D eigenvalue weighted by Crippen LogP contribution is 2.30. The maximum atomic E-state index is 12.5. The van der Waals surface area contributed by atoms with E-state index in [9.17, 15) is 9.59 Å². The lowest BCUT2D eigenvalue weighted by molar-refractivity contribution is -0.121. The molecule has 2 amide bonds. The summed E-state index contributed by atoms with van der Waals surface area (Å²) < 4.78 is 0. The lowest BCUT2D eigenvalue weighted by Crippen LogP contribution is -2.31. The highest BCUT2D eigenvalue weighted by atomic mass is 32.2. The Bertz CT molecular complexity index is 546. The largest absolute Gasteiger partial charge is 0.274 e. The third kappa shape index (κ3) is 6.79. The smallest absolute Gasteiger partial charge is 0.247 e. The molecule has 1 aromatic rings. The first kappa shape index (κ1) is 21.0. The molecule has 0 N–H and O–H groups in total. The Hall–Kier alpha value is -1.29. The Kier molecular flexibility index (Phi) is 9.83. The quantitative estimate of drug-likeness (QED) is 0.315. The number of amides is 2. The number of carbonyl (C=O) groups is 2. The van der Waals surface area contributed by atoms with Crippen molar-refractivity contribution in [3.05, 3.63) is 30.3 Å². The van der Waals surface area contributed by atoms with E-state index < -0.39 is 0 Å². The Balaban J connectivity index is 1.55. The number of rotatable bonds is 13. The topological polar surface area (TPSA) is 37.4 Å². The van der Waals surface area contributed by atoms with Crippen LogP contribution in [0.4, 0.5) is 5.69 Å². The lowest BCUT2D eigenvalue weighted by Gasteiger charge is -2.14. The van der Waals surface area contributed by atoms with E-state index in [-0.39, 0.29) is 17.1 Å². The van der Waals surface area contributed by atoms with Gasteiger partial charge in [0.15, 0.2) is 0 Å². The summed E-state index contributed by atoms with van der Waals surface area (Å²) in [6, 6.07) is 9.27. The zero-order valence-corrected chi connectivity index (χ0v) is 16.9. The number of para-hydroxylation sites is 1. The van der Waals surface area contributed by atoms with Gasteiger partial charge in [-0.1, -0.05) is 82.9 Å². The molecule has 0 bridgehead atoms. The van der Waals surface area contributed by atoms with E-state index in [2.05, 4.69) is 6.92 Å². The number of carbonyl (C=O) groups excluding carboxylic acids is 2. The minimum atomic E-state index is -0.193. The van der Waals surface area contributed by atoms with Crippen LogP contribution in [0.25, 0.3) is 0 Å². The summed E-state index contributed by atoms with van der Waals surface area (Å²) in [5.41, 5.74) is 0.699. The van der Waals surface area contributed by atoms with Gasteiger partial charge >= 0.3 is 0 Å². The van der Waals surface area contributed by atoms with Gasteiger partial charge in [-0.2, -0.15) is 0 Å². The molecule has 0 aliphatic carbocycles. The average Bonchev–Trinajstić information content (AvgIpc) is 2.94. The minimum absolute atomic E-state index is 0.0433. The summed E-state index contributed by atoms with van der Waals surface area (Å²) in [7, 11) is 0. The van der Waals surface area contributed by atoms with Crippen LogP contribution in [0.2, 0.25) is 0 Å². The SMILES string of the molecule is CCCCCCCCCCCCSC1CC(=O)N(c2ccccc2)C1=O. The van der Waals surface area contributed by atoms with Crippen LogP contribution < -0.4 is 4.90 Å². The molecule has 3 nitrogen and oxygen atoms in total. The highest BCUT2D eigenvalue weighted by Gasteiger charge is 2.39. The molecule has 0 aromatic heterocycles. The lowest BCUT2D eigenvalue weighted by atomic mass is 10.1. The number of hydrogen-bond donors (Lipinski definition) is 0. The molecule has 26 heavy (non-hydrogen) atoms. The first-order chi connectivity index (χ1) is 12.7. The Morgan fingerprint density at radius 2 is 1.46 bits per heavy atom. The number of unbranched alkanes of at least 4 members (excludes halogenated alkanes) is 9. The van der Waals surface area contributed by atoms with E-state index in [4.69, 9.17) is 0 Å². The molecule has 0 radical (unpaired) electrons. The predicted octanol–water partition coefficient (Wildman–Crippen LogP) is 5.97. The van der Waals surface area contributed by atoms with Crippen LogP contribution in [0, 0.1) is 0 Å². The van der Waals surface area contributed by atoms with E-state index in [0.29, 0.717) is 12.1 Å². The van der Waals surface area contributed by atoms with E-state index in [1.807, 2.05) is 30.3 Å². The van der Waals surface area contributed by atoms with Crippen molar-refractivity contribution in [2.75, 3.05) is 10.7 Å². The normalized spacial score (nSPS) is 17.3. The molecule has 1 aromatic carbocycles. The molecular formula is C22H33NO2S. The zero-order valence-electron chi connectivity index (χ0n) is 16.1. The summed E-state index contributed by atoms with van der Waals surface area (Å²) in [6.45, 7) is 2.26. The molecule has 0 saturated carbocycles. The number of imide groups is 1. The second-order valence-electron chi connectivity index (χ2n) is 7.15. The highest BCUT2D eigenvalue weighted by molar-refractivity contribution is 8.00. The summed E-state index contributed by atoms with van der Waals surface area (Å²) in [6.07, 6.45) is 13.6. The van der Waals surface area contributed by atoms with Crippen LogP contribution in [-0.4, -0.2) is 22.8 Å². The van der Waals surface area contributed by atoms with Gasteiger partial charge in [-0.05, 0) is 24.3 Å². The van der Waals surface area contributed by atoms with Crippen molar-refractivity contribution in [3.8, 4) is 0 Å². The van der Waals surface area contributed by atoms with Crippen LogP contribution >= 0.6 is 11.8 Å². The van der Waals surface area contributed by atoms with Crippen LogP contribution in [0.5, 0.6) is 0 Å². The van der Waals surface area contributed by atoms with Crippen molar-refractivity contribution in [2.24, 2.45) is 0 Å². The maximum absolute atomic E-state index is 12.5. The van der Waals surface area contributed by atoms with E-state index in [1.165, 1.54) is 62.7 Å². The van der Waals surface area contributed by atoms with E-state index >= 15 is 0 Å². The summed E-state index contributed by atoms with van der Waals surface area (Å²) in [4.78, 5) is 26.1. The third-order valence-electron chi connectivity index (χ3n) is 4.94. The van der Waals surface area contributed by atoms with Crippen LogP contribution in [-0.2, 0) is 9.59 Å². The Morgan fingerprint density at radius 3 is 2.08 bits per heavy atom. The molecule has 1 unspecified atom stereocenters. The molecule has 2 rings (SSSR count). The van der Waals surface area contributed by atoms with Crippen molar-refractivity contribution < 1.29 is 9.59 Å². The van der Waals surface area contributed by atoms with Crippen LogP contribution in [0.3, 0.4) is 0 Å². The van der Waals surface area contributed by atoms with Gasteiger partial charge in [0.05, 0.1) is 10.9 Å². The van der Waals surface area contributed by atoms with Crippen molar-refractivity contribution in [1.29, 1.82) is 0 Å². The summed E-state index contributed by atoms with van der Waals surface area (Å²) in [5, 5.41) is -0.193. The monoisotopic (exact) mass is 375 g/mol. The first-order valence-corrected chi connectivity index (χ1v) is 11.3. The minimum Gasteiger partial charge on any atom is -0.274 e. The zero-order chi connectivity index (χ0) is 18.6. The van der Waals surface area contributed by atoms with Gasteiger partial charge in [0.2, 0.25) is 11.8 Å². The fourth-order valence-electron chi connectivity index (χ4n) is 3.40. The van der Waals surface area contributed by atoms with Crippen LogP contribution in [0.1, 0.15) is 77.6 Å². The van der Waals surface area contributed by atoms with Crippen molar-refractivity contribution >= 4 is 29.3 Å². The Morgan fingerprint density at radius 1 is 0.885 bits per heavy atom. The molecule has 1 aliphatic rings. The maximum Gasteiger partial charge on any atom is 0.247 e. The number of benzene rings is 1. The standard InChI is InChI=1S/C22H33NO2S/c1-2-3-4-5-6-7-8-9-10-14-17-26-20-18-21(24)23(22(20)25)19-15-12-11-13-16-19/h11-13,15-16,20H,2-10,14,17-18H2,1H3. The fourth-order valence-corrected chi connectivity index (χ4v) is 4.56. The molecule has 4 heteroatoms. The molecule has 1 aliphatic heterocycles. The Labute approximate surface area is 162 Å². The summed E-state index contributed by atoms with van der Waals surface area (Å²) >= 11 is 1.66. The van der Waals surface area contributed by atoms with Gasteiger partial charge in [0.1, 0.15) is 0 Å². The number of thioether (sulfide) groups is 1. The van der Waals surface area contributed by atoms with Gasteiger partial charge < -0.3 is 0 Å². The van der Waals surface area contributed by atoms with Crippen molar-refractivity contribution in [1.82, 2.24) is 0 Å². The van der Waals surface area contributed by atoms with Gasteiger partial charge in [0, 0.05) is 6.42 Å². The molecule has 1 fully saturated rings. The van der Waals surface area contributed by atoms with Crippen LogP contribution in [0.15, 0.2) is 30.3 Å². The van der Waals surface area contributed by atoms with E-state index in [1.54, 1.807) is 11.8 Å². The molecule has 1 saturated heterocycles. The number of hydrogen-bond acceptors (Lipinski definition) is 3. The fraction of sp³-hybridized carbons (Fsp3) is 0.636. The second-order valence-corrected chi connectivity index (χ2v) is 8.46. The second kappa shape index (κ2) is 12.2. The van der Waals surface area contributed by atoms with Gasteiger partial charge in [0.25, 0.3) is 0 Å². The van der Waals surface area contributed by atoms with Gasteiger partial charge in [-0.25, -0.2) is 4.90 Å². The molecular weight excluding hydrogens is 342 g/mol.